The van der Waals surface area contributed by atoms with E-state index in [1.54, 1.807) is 0 Å². The van der Waals surface area contributed by atoms with Gasteiger partial charge in [-0.1, -0.05) is 30.0 Å². The summed E-state index contributed by atoms with van der Waals surface area (Å²) < 4.78 is 0.801. The minimum atomic E-state index is -0.366. The average Bonchev–Trinajstić information content (AvgIpc) is 3.05. The molecule has 0 radical (unpaired) electrons. The van der Waals surface area contributed by atoms with Crippen molar-refractivity contribution in [1.82, 2.24) is 4.98 Å². The van der Waals surface area contributed by atoms with Gasteiger partial charge in [-0.05, 0) is 38.8 Å². The average molecular weight is 376 g/mol. The number of para-hydroxylation sites is 1. The van der Waals surface area contributed by atoms with Gasteiger partial charge in [0.2, 0.25) is 11.8 Å². The van der Waals surface area contributed by atoms with Crippen LogP contribution in [0.15, 0.2) is 28.6 Å². The van der Waals surface area contributed by atoms with Gasteiger partial charge in [0.25, 0.3) is 0 Å². The quantitative estimate of drug-likeness (QED) is 0.815. The molecule has 0 saturated carbocycles. The van der Waals surface area contributed by atoms with Gasteiger partial charge in [0.1, 0.15) is 0 Å². The number of amides is 2. The Balaban J connectivity index is 1.74. The van der Waals surface area contributed by atoms with Gasteiger partial charge in [0.15, 0.2) is 4.34 Å². The van der Waals surface area contributed by atoms with Crippen molar-refractivity contribution in [2.24, 2.45) is 5.73 Å². The second-order valence-corrected chi connectivity index (χ2v) is 8.95. The third-order valence-corrected chi connectivity index (χ3v) is 6.62. The second-order valence-electron chi connectivity index (χ2n) is 6.28. The van der Waals surface area contributed by atoms with Crippen LogP contribution in [-0.4, -0.2) is 28.1 Å². The Morgan fingerprint density at radius 2 is 2.16 bits per heavy atom. The molecule has 0 fully saturated rings. The molecule has 1 aliphatic rings. The lowest BCUT2D eigenvalue weighted by Crippen LogP contribution is -2.40. The topological polar surface area (TPSA) is 76.3 Å². The van der Waals surface area contributed by atoms with Crippen LogP contribution in [0.1, 0.15) is 30.0 Å². The first-order chi connectivity index (χ1) is 11.9. The molecule has 0 saturated heterocycles. The minimum Gasteiger partial charge on any atom is -0.369 e. The molecule has 5 nitrogen and oxygen atoms in total. The van der Waals surface area contributed by atoms with Crippen LogP contribution in [0, 0.1) is 6.92 Å². The first-order valence-corrected chi connectivity index (χ1v) is 9.88. The SMILES string of the molecule is Cc1nc(S[C@H](C)C(=O)N2c3ccccc3C[C@H]2C)sc1CC(N)=O. The fraction of sp³-hybridized carbons (Fsp3) is 0.389. The number of primary amides is 1. The summed E-state index contributed by atoms with van der Waals surface area (Å²) in [6, 6.07) is 8.23. The van der Waals surface area contributed by atoms with Gasteiger partial charge in [-0.2, -0.15) is 0 Å². The molecule has 1 aromatic carbocycles. The summed E-state index contributed by atoms with van der Waals surface area (Å²) in [5.41, 5.74) is 8.31. The Morgan fingerprint density at radius 3 is 2.88 bits per heavy atom. The smallest absolute Gasteiger partial charge is 0.240 e. The summed E-state index contributed by atoms with van der Waals surface area (Å²) in [5, 5.41) is -0.249. The molecule has 0 spiro atoms. The van der Waals surface area contributed by atoms with E-state index in [2.05, 4.69) is 18.0 Å². The Hall–Kier alpha value is -1.86. The van der Waals surface area contributed by atoms with Crippen LogP contribution in [0.3, 0.4) is 0 Å². The molecular formula is C18H21N3O2S2. The number of benzene rings is 1. The molecule has 0 aliphatic carbocycles. The summed E-state index contributed by atoms with van der Waals surface area (Å²) in [5.74, 6) is -0.276. The molecule has 0 unspecified atom stereocenters. The number of hydrogen-bond donors (Lipinski definition) is 1. The predicted octanol–water partition coefficient (Wildman–Crippen LogP) is 2.94. The number of rotatable bonds is 5. The van der Waals surface area contributed by atoms with Crippen LogP contribution >= 0.6 is 23.1 Å². The Bertz CT molecular complexity index is 818. The highest BCUT2D eigenvalue weighted by atomic mass is 32.2. The number of carbonyl (C=O) groups excluding carboxylic acids is 2. The van der Waals surface area contributed by atoms with E-state index >= 15 is 0 Å². The molecule has 0 bridgehead atoms. The summed E-state index contributed by atoms with van der Waals surface area (Å²) in [4.78, 5) is 31.4. The highest BCUT2D eigenvalue weighted by Gasteiger charge is 2.33. The van der Waals surface area contributed by atoms with Crippen LogP contribution in [0.5, 0.6) is 0 Å². The Labute approximate surface area is 155 Å². The third-order valence-electron chi connectivity index (χ3n) is 4.28. The van der Waals surface area contributed by atoms with Crippen LogP contribution in [0.25, 0.3) is 0 Å². The van der Waals surface area contributed by atoms with Crippen molar-refractivity contribution in [3.05, 3.63) is 40.4 Å². The number of nitrogens with two attached hydrogens (primary N) is 1. The molecule has 2 N–H and O–H groups in total. The number of aryl methyl sites for hydroxylation is 1. The van der Waals surface area contributed by atoms with Gasteiger partial charge < -0.3 is 10.6 Å². The van der Waals surface area contributed by atoms with Gasteiger partial charge in [-0.15, -0.1) is 11.3 Å². The van der Waals surface area contributed by atoms with Crippen LogP contribution in [0.4, 0.5) is 5.69 Å². The molecule has 2 atom stereocenters. The number of carbonyl (C=O) groups is 2. The first-order valence-electron chi connectivity index (χ1n) is 8.19. The molecule has 3 rings (SSSR count). The van der Waals surface area contributed by atoms with Crippen LogP contribution < -0.4 is 10.6 Å². The first kappa shape index (κ1) is 17.9. The maximum absolute atomic E-state index is 13.0. The molecule has 7 heteroatoms. The van der Waals surface area contributed by atoms with E-state index in [-0.39, 0.29) is 29.5 Å². The number of hydrogen-bond acceptors (Lipinski definition) is 5. The van der Waals surface area contributed by atoms with E-state index in [0.29, 0.717) is 0 Å². The van der Waals surface area contributed by atoms with Crippen LogP contribution in [0.2, 0.25) is 0 Å². The largest absolute Gasteiger partial charge is 0.369 e. The lowest BCUT2D eigenvalue weighted by molar-refractivity contribution is -0.118. The zero-order valence-electron chi connectivity index (χ0n) is 14.5. The normalized spacial score (nSPS) is 17.4. The summed E-state index contributed by atoms with van der Waals surface area (Å²) in [6.45, 7) is 5.85. The van der Waals surface area contributed by atoms with Crippen molar-refractivity contribution in [2.45, 2.75) is 49.2 Å². The number of thiazole rings is 1. The fourth-order valence-electron chi connectivity index (χ4n) is 3.07. The van der Waals surface area contributed by atoms with Gasteiger partial charge >= 0.3 is 0 Å². The van der Waals surface area contributed by atoms with Crippen LogP contribution in [-0.2, 0) is 22.4 Å². The van der Waals surface area contributed by atoms with Gasteiger partial charge in [-0.25, -0.2) is 4.98 Å². The van der Waals surface area contributed by atoms with Crippen molar-refractivity contribution >= 4 is 40.6 Å². The molecule has 2 aromatic rings. The Morgan fingerprint density at radius 1 is 1.44 bits per heavy atom. The van der Waals surface area contributed by atoms with Crippen molar-refractivity contribution < 1.29 is 9.59 Å². The standard InChI is InChI=1S/C18H21N3O2S2/c1-10-8-13-6-4-5-7-14(13)21(10)17(23)12(3)24-18-20-11(2)15(25-18)9-16(19)22/h4-7,10,12H,8-9H2,1-3H3,(H2,19,22)/t10-,12-/m1/s1. The number of anilines is 1. The summed E-state index contributed by atoms with van der Waals surface area (Å²) in [7, 11) is 0. The zero-order chi connectivity index (χ0) is 18.1. The van der Waals surface area contributed by atoms with E-state index in [1.807, 2.05) is 36.9 Å². The number of fused-ring (bicyclic) bond motifs is 1. The number of thioether (sulfide) groups is 1. The monoisotopic (exact) mass is 375 g/mol. The third kappa shape index (κ3) is 3.72. The maximum atomic E-state index is 13.0. The number of nitrogens with zero attached hydrogens (tertiary/aromatic N) is 2. The summed E-state index contributed by atoms with van der Waals surface area (Å²) in [6.07, 6.45) is 1.08. The molecule has 1 aromatic heterocycles. The summed E-state index contributed by atoms with van der Waals surface area (Å²) >= 11 is 2.88. The molecule has 2 heterocycles. The van der Waals surface area contributed by atoms with Gasteiger partial charge in [0.05, 0.1) is 17.4 Å². The molecular weight excluding hydrogens is 354 g/mol. The van der Waals surface area contributed by atoms with Crippen molar-refractivity contribution in [3.63, 3.8) is 0 Å². The minimum absolute atomic E-state index is 0.0896. The van der Waals surface area contributed by atoms with Crippen molar-refractivity contribution in [2.75, 3.05) is 4.90 Å². The van der Waals surface area contributed by atoms with E-state index in [4.69, 9.17) is 5.73 Å². The zero-order valence-corrected chi connectivity index (χ0v) is 16.1. The van der Waals surface area contributed by atoms with Crippen molar-refractivity contribution in [1.29, 1.82) is 0 Å². The molecule has 25 heavy (non-hydrogen) atoms. The van der Waals surface area contributed by atoms with E-state index in [1.165, 1.54) is 28.7 Å². The lowest BCUT2D eigenvalue weighted by Gasteiger charge is -2.25. The second kappa shape index (κ2) is 7.17. The van der Waals surface area contributed by atoms with Gasteiger partial charge in [0, 0.05) is 16.6 Å². The highest BCUT2D eigenvalue weighted by molar-refractivity contribution is 8.02. The highest BCUT2D eigenvalue weighted by Crippen LogP contribution is 2.36. The van der Waals surface area contributed by atoms with Crippen molar-refractivity contribution in [3.8, 4) is 0 Å². The van der Waals surface area contributed by atoms with E-state index in [0.717, 1.165) is 27.0 Å². The van der Waals surface area contributed by atoms with E-state index in [9.17, 15) is 9.59 Å². The molecule has 2 amide bonds. The molecule has 132 valence electrons. The molecule has 1 aliphatic heterocycles. The maximum Gasteiger partial charge on any atom is 0.240 e. The van der Waals surface area contributed by atoms with E-state index < -0.39 is 0 Å². The lowest BCUT2D eigenvalue weighted by atomic mass is 10.1. The predicted molar refractivity (Wildman–Crippen MR) is 102 cm³/mol. The Kier molecular flexibility index (Phi) is 5.15. The van der Waals surface area contributed by atoms with Gasteiger partial charge in [-0.3, -0.25) is 9.59 Å². The fourth-order valence-corrected chi connectivity index (χ4v) is 5.51. The number of aromatic nitrogens is 1.